The largest absolute Gasteiger partial charge is 0.367 e. The van der Waals surface area contributed by atoms with Gasteiger partial charge in [-0.1, -0.05) is 18.2 Å². The van der Waals surface area contributed by atoms with Gasteiger partial charge in [0.1, 0.15) is 11.6 Å². The van der Waals surface area contributed by atoms with Gasteiger partial charge in [-0.2, -0.15) is 0 Å². The molecule has 6 nitrogen and oxygen atoms in total. The first-order chi connectivity index (χ1) is 11.3. The predicted octanol–water partition coefficient (Wildman–Crippen LogP) is 0.701. The number of halogens is 2. The SMILES string of the molecule is NC(=O)C(NC(=O)c1ccc(-c2ccc(F)cc2)cc1F)C(N)=O. The highest BCUT2D eigenvalue weighted by Crippen LogP contribution is 2.22. The van der Waals surface area contributed by atoms with Crippen LogP contribution in [0.5, 0.6) is 0 Å². The van der Waals surface area contributed by atoms with Gasteiger partial charge in [0, 0.05) is 0 Å². The molecule has 0 aliphatic carbocycles. The van der Waals surface area contributed by atoms with E-state index in [-0.39, 0.29) is 0 Å². The van der Waals surface area contributed by atoms with Crippen molar-refractivity contribution in [3.8, 4) is 11.1 Å². The van der Waals surface area contributed by atoms with E-state index >= 15 is 0 Å². The summed E-state index contributed by atoms with van der Waals surface area (Å²) in [7, 11) is 0. The van der Waals surface area contributed by atoms with Gasteiger partial charge in [0.2, 0.25) is 11.8 Å². The Bertz CT molecular complexity index is 793. The molecule has 24 heavy (non-hydrogen) atoms. The Morgan fingerprint density at radius 1 is 0.875 bits per heavy atom. The number of benzene rings is 2. The lowest BCUT2D eigenvalue weighted by molar-refractivity contribution is -0.128. The Labute approximate surface area is 135 Å². The molecule has 0 spiro atoms. The molecule has 5 N–H and O–H groups in total. The first-order valence-corrected chi connectivity index (χ1v) is 6.74. The Hall–Kier alpha value is -3.29. The lowest BCUT2D eigenvalue weighted by atomic mass is 10.0. The molecule has 3 amide bonds. The fraction of sp³-hybridized carbons (Fsp3) is 0.0625. The summed E-state index contributed by atoms with van der Waals surface area (Å²) in [5, 5.41) is 1.96. The minimum absolute atomic E-state index is 0.395. The zero-order valence-corrected chi connectivity index (χ0v) is 12.3. The van der Waals surface area contributed by atoms with Crippen LogP contribution in [0.25, 0.3) is 11.1 Å². The summed E-state index contributed by atoms with van der Waals surface area (Å²) in [5.41, 5.74) is 10.4. The molecule has 0 heterocycles. The average Bonchev–Trinajstić information content (AvgIpc) is 2.52. The van der Waals surface area contributed by atoms with Crippen molar-refractivity contribution < 1.29 is 23.2 Å². The number of amides is 3. The van der Waals surface area contributed by atoms with E-state index in [1.54, 1.807) is 0 Å². The number of carbonyl (C=O) groups excluding carboxylic acids is 3. The molecule has 0 atom stereocenters. The molecule has 0 aromatic heterocycles. The predicted molar refractivity (Wildman–Crippen MR) is 81.4 cm³/mol. The van der Waals surface area contributed by atoms with Crippen molar-refractivity contribution in [3.63, 3.8) is 0 Å². The van der Waals surface area contributed by atoms with E-state index in [4.69, 9.17) is 11.5 Å². The summed E-state index contributed by atoms with van der Waals surface area (Å²) in [4.78, 5) is 34.0. The van der Waals surface area contributed by atoms with Crippen molar-refractivity contribution in [3.05, 3.63) is 59.7 Å². The Morgan fingerprint density at radius 2 is 1.42 bits per heavy atom. The molecule has 2 rings (SSSR count). The minimum Gasteiger partial charge on any atom is -0.367 e. The standard InChI is InChI=1S/C16H13F2N3O3/c17-10-4-1-8(2-5-10)9-3-6-11(12(18)7-9)16(24)21-13(14(19)22)15(20)23/h1-7,13H,(H2,19,22)(H2,20,23)(H,21,24). The maximum absolute atomic E-state index is 14.2. The van der Waals surface area contributed by atoms with Crippen LogP contribution in [-0.4, -0.2) is 23.8 Å². The molecule has 8 heteroatoms. The Kier molecular flexibility index (Phi) is 4.88. The van der Waals surface area contributed by atoms with Crippen molar-refractivity contribution >= 4 is 17.7 Å². The normalized spacial score (nSPS) is 10.5. The summed E-state index contributed by atoms with van der Waals surface area (Å²) >= 11 is 0. The van der Waals surface area contributed by atoms with Crippen molar-refractivity contribution in [2.75, 3.05) is 0 Å². The lowest BCUT2D eigenvalue weighted by Crippen LogP contribution is -2.52. The van der Waals surface area contributed by atoms with Crippen LogP contribution in [0.2, 0.25) is 0 Å². The number of rotatable bonds is 5. The first-order valence-electron chi connectivity index (χ1n) is 6.74. The molecule has 124 valence electrons. The van der Waals surface area contributed by atoms with Crippen LogP contribution < -0.4 is 16.8 Å². The molecule has 0 saturated heterocycles. The smallest absolute Gasteiger partial charge is 0.255 e. The fourth-order valence-electron chi connectivity index (χ4n) is 2.01. The molecule has 2 aromatic rings. The Morgan fingerprint density at radius 3 is 1.92 bits per heavy atom. The molecule has 0 unspecified atom stereocenters. The summed E-state index contributed by atoms with van der Waals surface area (Å²) in [6.07, 6.45) is 0. The summed E-state index contributed by atoms with van der Waals surface area (Å²) < 4.78 is 27.1. The number of nitrogens with two attached hydrogens (primary N) is 2. The molecule has 0 saturated carbocycles. The average molecular weight is 333 g/mol. The van der Waals surface area contributed by atoms with Crippen LogP contribution in [-0.2, 0) is 9.59 Å². The van der Waals surface area contributed by atoms with Crippen molar-refractivity contribution in [1.82, 2.24) is 5.32 Å². The third-order valence-electron chi connectivity index (χ3n) is 3.24. The summed E-state index contributed by atoms with van der Waals surface area (Å²) in [6.45, 7) is 0. The number of carbonyl (C=O) groups is 3. The number of nitrogens with one attached hydrogen (secondary N) is 1. The molecule has 0 radical (unpaired) electrons. The second-order valence-corrected chi connectivity index (χ2v) is 4.91. The fourth-order valence-corrected chi connectivity index (χ4v) is 2.01. The van der Waals surface area contributed by atoms with Crippen LogP contribution in [0.4, 0.5) is 8.78 Å². The highest BCUT2D eigenvalue weighted by Gasteiger charge is 2.25. The molecular weight excluding hydrogens is 320 g/mol. The highest BCUT2D eigenvalue weighted by molar-refractivity contribution is 6.08. The van der Waals surface area contributed by atoms with Gasteiger partial charge in [-0.3, -0.25) is 14.4 Å². The molecule has 0 bridgehead atoms. The molecular formula is C16H13F2N3O3. The number of hydrogen-bond acceptors (Lipinski definition) is 3. The van der Waals surface area contributed by atoms with Gasteiger partial charge in [0.05, 0.1) is 5.56 Å². The van der Waals surface area contributed by atoms with Crippen LogP contribution in [0, 0.1) is 11.6 Å². The third kappa shape index (κ3) is 3.72. The van der Waals surface area contributed by atoms with Crippen molar-refractivity contribution in [2.45, 2.75) is 6.04 Å². The zero-order valence-electron chi connectivity index (χ0n) is 12.3. The highest BCUT2D eigenvalue weighted by atomic mass is 19.1. The van der Waals surface area contributed by atoms with Crippen molar-refractivity contribution in [1.29, 1.82) is 0 Å². The van der Waals surface area contributed by atoms with E-state index in [2.05, 4.69) is 0 Å². The zero-order chi connectivity index (χ0) is 17.9. The molecule has 0 aliphatic heterocycles. The van der Waals surface area contributed by atoms with Crippen molar-refractivity contribution in [2.24, 2.45) is 11.5 Å². The topological polar surface area (TPSA) is 115 Å². The number of hydrogen-bond donors (Lipinski definition) is 3. The molecule has 2 aromatic carbocycles. The summed E-state index contributed by atoms with van der Waals surface area (Å²) in [5.74, 6) is -4.64. The van der Waals surface area contributed by atoms with E-state index in [0.717, 1.165) is 6.07 Å². The van der Waals surface area contributed by atoms with Gasteiger partial charge in [0.15, 0.2) is 6.04 Å². The van der Waals surface area contributed by atoms with Gasteiger partial charge < -0.3 is 16.8 Å². The van der Waals surface area contributed by atoms with Crippen LogP contribution in [0.15, 0.2) is 42.5 Å². The van der Waals surface area contributed by atoms with Gasteiger partial charge in [-0.15, -0.1) is 0 Å². The second-order valence-electron chi connectivity index (χ2n) is 4.91. The maximum atomic E-state index is 14.2. The summed E-state index contributed by atoms with van der Waals surface area (Å²) in [6, 6.07) is 7.30. The van der Waals surface area contributed by atoms with Gasteiger partial charge in [0.25, 0.3) is 5.91 Å². The minimum atomic E-state index is -1.74. The van der Waals surface area contributed by atoms with Crippen LogP contribution in [0.3, 0.4) is 0 Å². The van der Waals surface area contributed by atoms with E-state index in [1.807, 2.05) is 5.32 Å². The van der Waals surface area contributed by atoms with E-state index in [0.29, 0.717) is 11.1 Å². The second kappa shape index (κ2) is 6.86. The monoisotopic (exact) mass is 333 g/mol. The van der Waals surface area contributed by atoms with Gasteiger partial charge in [-0.05, 0) is 35.4 Å². The van der Waals surface area contributed by atoms with Crippen LogP contribution in [0.1, 0.15) is 10.4 Å². The van der Waals surface area contributed by atoms with Gasteiger partial charge >= 0.3 is 0 Å². The van der Waals surface area contributed by atoms with E-state index in [1.165, 1.54) is 36.4 Å². The lowest BCUT2D eigenvalue weighted by Gasteiger charge is -2.12. The Balaban J connectivity index is 2.26. The number of primary amides is 2. The first kappa shape index (κ1) is 17.1. The third-order valence-corrected chi connectivity index (χ3v) is 3.24. The van der Waals surface area contributed by atoms with Crippen LogP contribution >= 0.6 is 0 Å². The quantitative estimate of drug-likeness (QED) is 0.700. The molecule has 0 fully saturated rings. The van der Waals surface area contributed by atoms with Gasteiger partial charge in [-0.25, -0.2) is 8.78 Å². The van der Waals surface area contributed by atoms with E-state index < -0.39 is 41.0 Å². The maximum Gasteiger partial charge on any atom is 0.255 e. The van der Waals surface area contributed by atoms with E-state index in [9.17, 15) is 23.2 Å². The molecule has 0 aliphatic rings.